The van der Waals surface area contributed by atoms with Crippen LogP contribution in [0.5, 0.6) is 0 Å². The maximum Gasteiger partial charge on any atom is 0.163 e. The van der Waals surface area contributed by atoms with Crippen molar-refractivity contribution in [2.24, 2.45) is 0 Å². The third-order valence-electron chi connectivity index (χ3n) is 4.60. The molecular formula is C21H27NO2. The summed E-state index contributed by atoms with van der Waals surface area (Å²) >= 11 is 0. The molecule has 1 saturated heterocycles. The Labute approximate surface area is 145 Å². The van der Waals surface area contributed by atoms with Gasteiger partial charge >= 0.3 is 0 Å². The fourth-order valence-corrected chi connectivity index (χ4v) is 3.17. The minimum absolute atomic E-state index is 0.0902. The van der Waals surface area contributed by atoms with Gasteiger partial charge in [-0.2, -0.15) is 0 Å². The van der Waals surface area contributed by atoms with Gasteiger partial charge in [-0.15, -0.1) is 0 Å². The first kappa shape index (κ1) is 17.2. The van der Waals surface area contributed by atoms with E-state index in [2.05, 4.69) is 72.5 Å². The predicted octanol–water partition coefficient (Wildman–Crippen LogP) is 4.23. The Balaban J connectivity index is 1.76. The average molecular weight is 325 g/mol. The van der Waals surface area contributed by atoms with Crippen LogP contribution in [0.25, 0.3) is 0 Å². The highest BCUT2D eigenvalue weighted by Gasteiger charge is 2.37. The van der Waals surface area contributed by atoms with E-state index >= 15 is 0 Å². The Morgan fingerprint density at radius 2 is 1.46 bits per heavy atom. The summed E-state index contributed by atoms with van der Waals surface area (Å²) in [6.07, 6.45) is 0.0902. The molecule has 0 aromatic heterocycles. The lowest BCUT2D eigenvalue weighted by atomic mass is 10.1. The maximum absolute atomic E-state index is 6.10. The summed E-state index contributed by atoms with van der Waals surface area (Å²) in [5, 5.41) is 0. The molecule has 2 atom stereocenters. The van der Waals surface area contributed by atoms with Crippen LogP contribution in [0.2, 0.25) is 0 Å². The first-order valence-corrected chi connectivity index (χ1v) is 8.67. The van der Waals surface area contributed by atoms with E-state index in [4.69, 9.17) is 9.47 Å². The number of ether oxygens (including phenoxy) is 2. The Morgan fingerprint density at radius 1 is 0.958 bits per heavy atom. The van der Waals surface area contributed by atoms with Gasteiger partial charge in [-0.05, 0) is 31.9 Å². The largest absolute Gasteiger partial charge is 0.348 e. The normalized spacial score (nSPS) is 21.1. The molecule has 0 saturated carbocycles. The van der Waals surface area contributed by atoms with Gasteiger partial charge in [0.15, 0.2) is 5.79 Å². The van der Waals surface area contributed by atoms with Crippen LogP contribution in [-0.2, 0) is 22.6 Å². The van der Waals surface area contributed by atoms with Crippen LogP contribution in [-0.4, -0.2) is 29.4 Å². The van der Waals surface area contributed by atoms with E-state index in [1.807, 2.05) is 13.8 Å². The van der Waals surface area contributed by atoms with Crippen LogP contribution >= 0.6 is 0 Å². The summed E-state index contributed by atoms with van der Waals surface area (Å²) in [5.41, 5.74) is 2.64. The lowest BCUT2D eigenvalue weighted by Gasteiger charge is -2.33. The topological polar surface area (TPSA) is 21.7 Å². The third-order valence-corrected chi connectivity index (χ3v) is 4.60. The second-order valence-corrected chi connectivity index (χ2v) is 6.98. The third kappa shape index (κ3) is 4.44. The monoisotopic (exact) mass is 325 g/mol. The zero-order valence-electron chi connectivity index (χ0n) is 14.8. The molecule has 1 unspecified atom stereocenters. The highest BCUT2D eigenvalue weighted by molar-refractivity contribution is 5.17. The highest BCUT2D eigenvalue weighted by atomic mass is 16.7. The van der Waals surface area contributed by atoms with Gasteiger partial charge < -0.3 is 9.47 Å². The minimum Gasteiger partial charge on any atom is -0.348 e. The average Bonchev–Trinajstić information content (AvgIpc) is 2.95. The molecule has 24 heavy (non-hydrogen) atoms. The van der Waals surface area contributed by atoms with E-state index < -0.39 is 5.79 Å². The Kier molecular flexibility index (Phi) is 5.34. The number of benzene rings is 2. The van der Waals surface area contributed by atoms with Crippen molar-refractivity contribution < 1.29 is 9.47 Å². The van der Waals surface area contributed by atoms with Crippen molar-refractivity contribution in [1.82, 2.24) is 4.90 Å². The summed E-state index contributed by atoms with van der Waals surface area (Å²) in [6.45, 7) is 8.65. The van der Waals surface area contributed by atoms with Crippen molar-refractivity contribution in [3.63, 3.8) is 0 Å². The van der Waals surface area contributed by atoms with Crippen molar-refractivity contribution in [2.75, 3.05) is 6.61 Å². The Bertz CT molecular complexity index is 585. The van der Waals surface area contributed by atoms with Gasteiger partial charge in [0.05, 0.1) is 12.7 Å². The van der Waals surface area contributed by atoms with Gasteiger partial charge in [0, 0.05) is 19.1 Å². The van der Waals surface area contributed by atoms with E-state index in [0.717, 1.165) is 13.1 Å². The first-order valence-electron chi connectivity index (χ1n) is 8.67. The number of rotatable bonds is 6. The molecule has 1 heterocycles. The van der Waals surface area contributed by atoms with Crippen molar-refractivity contribution in [3.8, 4) is 0 Å². The van der Waals surface area contributed by atoms with E-state index in [1.165, 1.54) is 11.1 Å². The van der Waals surface area contributed by atoms with E-state index in [0.29, 0.717) is 6.61 Å². The number of nitrogens with zero attached hydrogens (tertiary/aromatic N) is 1. The molecule has 2 aromatic carbocycles. The molecule has 1 aliphatic heterocycles. The lowest BCUT2D eigenvalue weighted by Crippen LogP contribution is -2.42. The van der Waals surface area contributed by atoms with E-state index in [-0.39, 0.29) is 12.1 Å². The zero-order chi connectivity index (χ0) is 17.0. The molecule has 0 spiro atoms. The van der Waals surface area contributed by atoms with Gasteiger partial charge in [0.1, 0.15) is 0 Å². The molecular weight excluding hydrogens is 298 g/mol. The van der Waals surface area contributed by atoms with Crippen LogP contribution in [0.1, 0.15) is 31.9 Å². The van der Waals surface area contributed by atoms with Crippen molar-refractivity contribution in [3.05, 3.63) is 71.8 Å². The predicted molar refractivity (Wildman–Crippen MR) is 96.5 cm³/mol. The van der Waals surface area contributed by atoms with Crippen LogP contribution in [0.3, 0.4) is 0 Å². The maximum atomic E-state index is 6.10. The lowest BCUT2D eigenvalue weighted by molar-refractivity contribution is -0.146. The van der Waals surface area contributed by atoms with Crippen molar-refractivity contribution in [1.29, 1.82) is 0 Å². The van der Waals surface area contributed by atoms with Crippen LogP contribution in [0.4, 0.5) is 0 Å². The van der Waals surface area contributed by atoms with Crippen LogP contribution < -0.4 is 0 Å². The molecule has 0 radical (unpaired) electrons. The van der Waals surface area contributed by atoms with Gasteiger partial charge in [0.2, 0.25) is 0 Å². The standard InChI is InChI=1S/C21H27NO2/c1-17(20-16-23-21(2,3)24-20)22(14-18-10-6-4-7-11-18)15-19-12-8-5-9-13-19/h4-13,17,20H,14-16H2,1-3H3/t17?,20-/m1/s1. The SMILES string of the molecule is CC([C@H]1COC(C)(C)O1)N(Cc1ccccc1)Cc1ccccc1. The summed E-state index contributed by atoms with van der Waals surface area (Å²) in [5.74, 6) is -0.482. The Hall–Kier alpha value is -1.68. The molecule has 1 aliphatic rings. The minimum atomic E-state index is -0.482. The molecule has 1 fully saturated rings. The molecule has 0 aliphatic carbocycles. The quantitative estimate of drug-likeness (QED) is 0.793. The molecule has 0 bridgehead atoms. The molecule has 2 aromatic rings. The van der Waals surface area contributed by atoms with Crippen LogP contribution in [0, 0.1) is 0 Å². The number of hydrogen-bond donors (Lipinski definition) is 0. The van der Waals surface area contributed by atoms with Gasteiger partial charge in [-0.1, -0.05) is 60.7 Å². The fourth-order valence-electron chi connectivity index (χ4n) is 3.17. The second-order valence-electron chi connectivity index (χ2n) is 6.98. The molecule has 128 valence electrons. The molecule has 3 rings (SSSR count). The van der Waals surface area contributed by atoms with E-state index in [9.17, 15) is 0 Å². The molecule has 0 amide bonds. The smallest absolute Gasteiger partial charge is 0.163 e. The highest BCUT2D eigenvalue weighted by Crippen LogP contribution is 2.27. The fraction of sp³-hybridized carbons (Fsp3) is 0.429. The van der Waals surface area contributed by atoms with E-state index in [1.54, 1.807) is 0 Å². The van der Waals surface area contributed by atoms with Gasteiger partial charge in [-0.3, -0.25) is 4.90 Å². The summed E-state index contributed by atoms with van der Waals surface area (Å²) in [7, 11) is 0. The van der Waals surface area contributed by atoms with Gasteiger partial charge in [0.25, 0.3) is 0 Å². The Morgan fingerprint density at radius 3 is 1.88 bits per heavy atom. The summed E-state index contributed by atoms with van der Waals surface area (Å²) < 4.78 is 11.9. The molecule has 0 N–H and O–H groups in total. The zero-order valence-corrected chi connectivity index (χ0v) is 14.8. The number of hydrogen-bond acceptors (Lipinski definition) is 3. The van der Waals surface area contributed by atoms with Crippen molar-refractivity contribution in [2.45, 2.75) is 51.8 Å². The summed E-state index contributed by atoms with van der Waals surface area (Å²) in [6, 6.07) is 21.5. The molecule has 3 nitrogen and oxygen atoms in total. The second kappa shape index (κ2) is 7.47. The van der Waals surface area contributed by atoms with Crippen LogP contribution in [0.15, 0.2) is 60.7 Å². The van der Waals surface area contributed by atoms with Gasteiger partial charge in [-0.25, -0.2) is 0 Å². The first-order chi connectivity index (χ1) is 11.5. The van der Waals surface area contributed by atoms with Crippen molar-refractivity contribution >= 4 is 0 Å². The summed E-state index contributed by atoms with van der Waals surface area (Å²) in [4.78, 5) is 2.47. The molecule has 3 heteroatoms.